The highest BCUT2D eigenvalue weighted by Crippen LogP contribution is 2.36. The van der Waals surface area contributed by atoms with E-state index in [1.807, 2.05) is 18.2 Å². The molecule has 0 saturated heterocycles. The Balaban J connectivity index is 1.94. The van der Waals surface area contributed by atoms with E-state index in [1.165, 1.54) is 24.8 Å². The SMILES string of the molecule is CC(=O)OCCOCc1nc(C(C)C)c(Sc2cccc([N+](=O)[O-])c2)n1Cc1ccncc1. The van der Waals surface area contributed by atoms with Gasteiger partial charge in [0, 0.05) is 36.3 Å². The van der Waals surface area contributed by atoms with Crippen molar-refractivity contribution in [1.82, 2.24) is 14.5 Å². The van der Waals surface area contributed by atoms with Crippen LogP contribution < -0.4 is 0 Å². The van der Waals surface area contributed by atoms with Crippen LogP contribution in [0.4, 0.5) is 5.69 Å². The Labute approximate surface area is 196 Å². The molecule has 0 saturated carbocycles. The summed E-state index contributed by atoms with van der Waals surface area (Å²) in [6.07, 6.45) is 3.47. The number of nitrogens with zero attached hydrogens (tertiary/aromatic N) is 4. The van der Waals surface area contributed by atoms with E-state index in [4.69, 9.17) is 14.5 Å². The summed E-state index contributed by atoms with van der Waals surface area (Å²) < 4.78 is 12.7. The quantitative estimate of drug-likeness (QED) is 0.173. The molecule has 0 atom stereocenters. The molecule has 0 radical (unpaired) electrons. The largest absolute Gasteiger partial charge is 0.463 e. The van der Waals surface area contributed by atoms with Crippen LogP contribution in [0.3, 0.4) is 0 Å². The van der Waals surface area contributed by atoms with E-state index in [2.05, 4.69) is 23.4 Å². The summed E-state index contributed by atoms with van der Waals surface area (Å²) in [5, 5.41) is 12.1. The number of carbonyl (C=O) groups excluding carboxylic acids is 1. The Morgan fingerprint density at radius 1 is 1.21 bits per heavy atom. The van der Waals surface area contributed by atoms with Crippen molar-refractivity contribution in [3.63, 3.8) is 0 Å². The number of hydrogen-bond donors (Lipinski definition) is 0. The van der Waals surface area contributed by atoms with Gasteiger partial charge in [0.15, 0.2) is 0 Å². The molecule has 0 unspecified atom stereocenters. The number of hydrogen-bond acceptors (Lipinski definition) is 8. The second kappa shape index (κ2) is 11.6. The Bertz CT molecular complexity index is 1100. The monoisotopic (exact) mass is 470 g/mol. The number of carbonyl (C=O) groups is 1. The number of ether oxygens (including phenoxy) is 2. The van der Waals surface area contributed by atoms with Gasteiger partial charge >= 0.3 is 5.97 Å². The van der Waals surface area contributed by atoms with Crippen molar-refractivity contribution in [3.05, 3.63) is 76.0 Å². The van der Waals surface area contributed by atoms with Gasteiger partial charge in [-0.05, 0) is 29.7 Å². The molecule has 9 nitrogen and oxygen atoms in total. The van der Waals surface area contributed by atoms with Crippen LogP contribution in [-0.2, 0) is 27.4 Å². The molecule has 0 spiro atoms. The number of nitro groups is 1. The van der Waals surface area contributed by atoms with Gasteiger partial charge in [0.2, 0.25) is 0 Å². The van der Waals surface area contributed by atoms with Gasteiger partial charge in [-0.3, -0.25) is 19.9 Å². The van der Waals surface area contributed by atoms with Crippen molar-refractivity contribution in [2.45, 2.75) is 49.8 Å². The van der Waals surface area contributed by atoms with Crippen molar-refractivity contribution in [2.24, 2.45) is 0 Å². The number of aromatic nitrogens is 3. The Kier molecular flexibility index (Phi) is 8.56. The van der Waals surface area contributed by atoms with Crippen molar-refractivity contribution >= 4 is 23.4 Å². The smallest absolute Gasteiger partial charge is 0.302 e. The molecule has 10 heteroatoms. The topological polar surface area (TPSA) is 109 Å². The molecule has 0 aliphatic heterocycles. The fourth-order valence-corrected chi connectivity index (χ4v) is 4.33. The molecular weight excluding hydrogens is 444 g/mol. The molecule has 33 heavy (non-hydrogen) atoms. The van der Waals surface area contributed by atoms with Crippen molar-refractivity contribution in [1.29, 1.82) is 0 Å². The third-order valence-electron chi connectivity index (χ3n) is 4.67. The van der Waals surface area contributed by atoms with Gasteiger partial charge < -0.3 is 14.0 Å². The van der Waals surface area contributed by atoms with E-state index in [0.717, 1.165) is 27.0 Å². The summed E-state index contributed by atoms with van der Waals surface area (Å²) in [6.45, 7) is 6.68. The predicted molar refractivity (Wildman–Crippen MR) is 123 cm³/mol. The number of pyridine rings is 1. The lowest BCUT2D eigenvalue weighted by Crippen LogP contribution is -2.11. The van der Waals surface area contributed by atoms with E-state index >= 15 is 0 Å². The molecule has 0 aliphatic carbocycles. The number of non-ortho nitro benzene ring substituents is 1. The van der Waals surface area contributed by atoms with Gasteiger partial charge in [0.25, 0.3) is 5.69 Å². The number of imidazole rings is 1. The number of nitro benzene ring substituents is 1. The van der Waals surface area contributed by atoms with Crippen molar-refractivity contribution in [2.75, 3.05) is 13.2 Å². The van der Waals surface area contributed by atoms with Crippen LogP contribution in [0.5, 0.6) is 0 Å². The lowest BCUT2D eigenvalue weighted by Gasteiger charge is -2.14. The third-order valence-corrected chi connectivity index (χ3v) is 5.78. The summed E-state index contributed by atoms with van der Waals surface area (Å²) in [5.74, 6) is 0.506. The fourth-order valence-electron chi connectivity index (χ4n) is 3.11. The highest BCUT2D eigenvalue weighted by molar-refractivity contribution is 7.99. The highest BCUT2D eigenvalue weighted by atomic mass is 32.2. The predicted octanol–water partition coefficient (Wildman–Crippen LogP) is 4.59. The molecule has 3 rings (SSSR count). The zero-order chi connectivity index (χ0) is 23.8. The first-order valence-electron chi connectivity index (χ1n) is 10.5. The first-order valence-corrected chi connectivity index (χ1v) is 11.3. The summed E-state index contributed by atoms with van der Waals surface area (Å²) in [5.41, 5.74) is 1.97. The maximum atomic E-state index is 11.2. The first-order chi connectivity index (χ1) is 15.8. The number of esters is 1. The van der Waals surface area contributed by atoms with Gasteiger partial charge in [-0.1, -0.05) is 31.7 Å². The van der Waals surface area contributed by atoms with Crippen molar-refractivity contribution in [3.8, 4) is 0 Å². The van der Waals surface area contributed by atoms with Crippen LogP contribution in [-0.4, -0.2) is 38.6 Å². The number of rotatable bonds is 11. The van der Waals surface area contributed by atoms with E-state index in [0.29, 0.717) is 6.54 Å². The van der Waals surface area contributed by atoms with Crippen LogP contribution in [0.25, 0.3) is 0 Å². The van der Waals surface area contributed by atoms with E-state index in [1.54, 1.807) is 24.5 Å². The minimum Gasteiger partial charge on any atom is -0.463 e. The maximum absolute atomic E-state index is 11.2. The molecule has 0 bridgehead atoms. The van der Waals surface area contributed by atoms with Gasteiger partial charge in [0.05, 0.1) is 23.8 Å². The molecule has 0 aliphatic rings. The van der Waals surface area contributed by atoms with Gasteiger partial charge in [-0.25, -0.2) is 4.98 Å². The Hall–Kier alpha value is -3.24. The second-order valence-electron chi connectivity index (χ2n) is 7.56. The summed E-state index contributed by atoms with van der Waals surface area (Å²) in [7, 11) is 0. The zero-order valence-electron chi connectivity index (χ0n) is 18.8. The van der Waals surface area contributed by atoms with Crippen LogP contribution in [0.1, 0.15) is 43.8 Å². The van der Waals surface area contributed by atoms with Crippen LogP contribution >= 0.6 is 11.8 Å². The Morgan fingerprint density at radius 3 is 2.64 bits per heavy atom. The van der Waals surface area contributed by atoms with E-state index in [9.17, 15) is 14.9 Å². The minimum atomic E-state index is -0.399. The van der Waals surface area contributed by atoms with Gasteiger partial charge in [-0.2, -0.15) is 0 Å². The van der Waals surface area contributed by atoms with E-state index in [-0.39, 0.29) is 37.4 Å². The molecule has 174 valence electrons. The van der Waals surface area contributed by atoms with Gasteiger partial charge in [0.1, 0.15) is 24.1 Å². The zero-order valence-corrected chi connectivity index (χ0v) is 19.6. The van der Waals surface area contributed by atoms with Crippen LogP contribution in [0.2, 0.25) is 0 Å². The van der Waals surface area contributed by atoms with Gasteiger partial charge in [-0.15, -0.1) is 0 Å². The second-order valence-corrected chi connectivity index (χ2v) is 8.63. The van der Waals surface area contributed by atoms with E-state index < -0.39 is 4.92 Å². The molecule has 1 aromatic carbocycles. The summed E-state index contributed by atoms with van der Waals surface area (Å²) >= 11 is 1.44. The summed E-state index contributed by atoms with van der Waals surface area (Å²) in [6, 6.07) is 10.4. The van der Waals surface area contributed by atoms with Crippen molar-refractivity contribution < 1.29 is 19.2 Å². The normalized spacial score (nSPS) is 11.0. The standard InChI is InChI=1S/C23H26N4O5S/c1-16(2)22-23(33-20-6-4-5-19(13-20)27(29)30)26(14-18-7-9-24-10-8-18)21(25-22)15-31-11-12-32-17(3)28/h4-10,13,16H,11-12,14-15H2,1-3H3. The maximum Gasteiger partial charge on any atom is 0.302 e. The van der Waals surface area contributed by atoms with Crippen LogP contribution in [0, 0.1) is 10.1 Å². The average Bonchev–Trinajstić information content (AvgIpc) is 3.11. The summed E-state index contributed by atoms with van der Waals surface area (Å²) in [4.78, 5) is 31.5. The fraction of sp³-hybridized carbons (Fsp3) is 0.348. The lowest BCUT2D eigenvalue weighted by molar-refractivity contribution is -0.385. The molecule has 2 heterocycles. The molecule has 0 fully saturated rings. The molecule has 2 aromatic heterocycles. The average molecular weight is 471 g/mol. The Morgan fingerprint density at radius 2 is 1.97 bits per heavy atom. The number of benzene rings is 1. The highest BCUT2D eigenvalue weighted by Gasteiger charge is 2.21. The minimum absolute atomic E-state index is 0.0420. The third kappa shape index (κ3) is 6.87. The molecular formula is C23H26N4O5S. The van der Waals surface area contributed by atoms with Crippen LogP contribution in [0.15, 0.2) is 58.7 Å². The first kappa shape index (κ1) is 24.4. The molecule has 3 aromatic rings. The molecule has 0 N–H and O–H groups in total. The lowest BCUT2D eigenvalue weighted by atomic mass is 10.1. The molecule has 0 amide bonds.